The van der Waals surface area contributed by atoms with E-state index in [0.29, 0.717) is 24.4 Å². The van der Waals surface area contributed by atoms with Gasteiger partial charge in [0.1, 0.15) is 16.2 Å². The second-order valence-electron chi connectivity index (χ2n) is 8.13. The molecule has 1 aliphatic heterocycles. The zero-order valence-corrected chi connectivity index (χ0v) is 18.1. The smallest absolute Gasteiger partial charge is 0.225 e. The second kappa shape index (κ2) is 9.39. The maximum atomic E-state index is 9.78. The van der Waals surface area contributed by atoms with Gasteiger partial charge in [-0.3, -0.25) is 0 Å². The molecule has 0 amide bonds. The average molecular weight is 442 g/mol. The van der Waals surface area contributed by atoms with Gasteiger partial charge in [-0.15, -0.1) is 0 Å². The molecular formula is C21H27N7O2S. The number of aromatic nitrogens is 4. The number of thiazole rings is 1. The van der Waals surface area contributed by atoms with Crippen LogP contribution >= 0.6 is 11.3 Å². The van der Waals surface area contributed by atoms with Crippen molar-refractivity contribution >= 4 is 38.6 Å². The third kappa shape index (κ3) is 5.27. The predicted octanol–water partition coefficient (Wildman–Crippen LogP) is 2.82. The molecule has 164 valence electrons. The molecule has 4 N–H and O–H groups in total. The fourth-order valence-corrected chi connectivity index (χ4v) is 4.81. The van der Waals surface area contributed by atoms with Crippen molar-refractivity contribution in [2.24, 2.45) is 0 Å². The molecule has 3 aromatic heterocycles. The van der Waals surface area contributed by atoms with Crippen LogP contribution in [0.5, 0.6) is 0 Å². The molecule has 1 aliphatic carbocycles. The van der Waals surface area contributed by atoms with Gasteiger partial charge in [0.25, 0.3) is 0 Å². The van der Waals surface area contributed by atoms with Crippen molar-refractivity contribution in [1.82, 2.24) is 25.3 Å². The Morgan fingerprint density at radius 3 is 2.81 bits per heavy atom. The van der Waals surface area contributed by atoms with Gasteiger partial charge in [0, 0.05) is 37.5 Å². The molecule has 1 saturated heterocycles. The molecular weight excluding hydrogens is 414 g/mol. The van der Waals surface area contributed by atoms with E-state index in [9.17, 15) is 5.11 Å². The first-order valence-electron chi connectivity index (χ1n) is 10.8. The lowest BCUT2D eigenvalue weighted by molar-refractivity contribution is 0.126. The molecule has 1 unspecified atom stereocenters. The van der Waals surface area contributed by atoms with Crippen molar-refractivity contribution in [3.05, 3.63) is 30.1 Å². The number of hydrogen-bond acceptors (Lipinski definition) is 10. The fourth-order valence-electron chi connectivity index (χ4n) is 4.00. The highest BCUT2D eigenvalue weighted by Gasteiger charge is 2.21. The van der Waals surface area contributed by atoms with Crippen LogP contribution in [0.25, 0.3) is 10.3 Å². The first-order chi connectivity index (χ1) is 15.2. The van der Waals surface area contributed by atoms with Crippen LogP contribution in [0.1, 0.15) is 37.8 Å². The molecule has 9 nitrogen and oxygen atoms in total. The third-order valence-corrected chi connectivity index (χ3v) is 6.61. The van der Waals surface area contributed by atoms with Gasteiger partial charge < -0.3 is 25.8 Å². The Morgan fingerprint density at radius 1 is 1.10 bits per heavy atom. The van der Waals surface area contributed by atoms with Crippen LogP contribution in [0.2, 0.25) is 0 Å². The van der Waals surface area contributed by atoms with E-state index >= 15 is 0 Å². The molecule has 0 spiro atoms. The standard InChI is InChI=1S/C21H27N7O2S/c29-16-5-3-13(4-6-16)24-20-25-15(11-23-14-7-9-30-12-14)10-18(27-20)28-21-26-17-2-1-8-22-19(17)31-21/h1-2,8,10,13-14,16,23,29H,3-7,9,11-12H2,(H2,24,25,26,27,28)/t13-,14?,16-. The molecule has 1 atom stereocenters. The summed E-state index contributed by atoms with van der Waals surface area (Å²) in [6.07, 6.45) is 6.05. The third-order valence-electron chi connectivity index (χ3n) is 5.71. The number of aliphatic hydroxyl groups is 1. The van der Waals surface area contributed by atoms with E-state index in [1.54, 1.807) is 6.20 Å². The molecule has 1 saturated carbocycles. The normalized spacial score (nSPS) is 23.8. The summed E-state index contributed by atoms with van der Waals surface area (Å²) >= 11 is 1.50. The zero-order chi connectivity index (χ0) is 21.0. The number of fused-ring (bicyclic) bond motifs is 1. The van der Waals surface area contributed by atoms with Crippen molar-refractivity contribution in [2.75, 3.05) is 23.8 Å². The molecule has 2 aliphatic rings. The number of ether oxygens (including phenoxy) is 1. The average Bonchev–Trinajstić information content (AvgIpc) is 3.43. The number of nitrogens with one attached hydrogen (secondary N) is 3. The summed E-state index contributed by atoms with van der Waals surface area (Å²) in [5.74, 6) is 1.30. The molecule has 0 aromatic carbocycles. The Balaban J connectivity index is 1.34. The van der Waals surface area contributed by atoms with Crippen LogP contribution in [-0.4, -0.2) is 56.4 Å². The van der Waals surface area contributed by atoms with Gasteiger partial charge in [0.05, 0.1) is 18.4 Å². The number of anilines is 3. The fraction of sp³-hybridized carbons (Fsp3) is 0.524. The van der Waals surface area contributed by atoms with E-state index in [1.807, 2.05) is 18.2 Å². The topological polar surface area (TPSA) is 117 Å². The minimum Gasteiger partial charge on any atom is -0.393 e. The lowest BCUT2D eigenvalue weighted by Gasteiger charge is -2.26. The van der Waals surface area contributed by atoms with E-state index in [4.69, 9.17) is 9.72 Å². The summed E-state index contributed by atoms with van der Waals surface area (Å²) in [4.78, 5) is 19.3. The van der Waals surface area contributed by atoms with Gasteiger partial charge in [-0.25, -0.2) is 15.0 Å². The van der Waals surface area contributed by atoms with Gasteiger partial charge in [-0.1, -0.05) is 11.3 Å². The summed E-state index contributed by atoms with van der Waals surface area (Å²) in [7, 11) is 0. The van der Waals surface area contributed by atoms with Gasteiger partial charge in [-0.2, -0.15) is 4.98 Å². The molecule has 2 fully saturated rings. The molecule has 5 rings (SSSR count). The monoisotopic (exact) mass is 441 g/mol. The van der Waals surface area contributed by atoms with Crippen LogP contribution in [0.15, 0.2) is 24.4 Å². The Bertz CT molecular complexity index is 983. The first-order valence-corrected chi connectivity index (χ1v) is 11.7. The lowest BCUT2D eigenvalue weighted by atomic mass is 9.93. The van der Waals surface area contributed by atoms with Gasteiger partial charge in [-0.05, 0) is 44.2 Å². The van der Waals surface area contributed by atoms with Crippen LogP contribution in [0.3, 0.4) is 0 Å². The van der Waals surface area contributed by atoms with Gasteiger partial charge in [0.2, 0.25) is 5.95 Å². The summed E-state index contributed by atoms with van der Waals surface area (Å²) in [5, 5.41) is 20.9. The molecule has 0 radical (unpaired) electrons. The zero-order valence-electron chi connectivity index (χ0n) is 17.3. The van der Waals surface area contributed by atoms with Crippen molar-refractivity contribution in [1.29, 1.82) is 0 Å². The van der Waals surface area contributed by atoms with E-state index < -0.39 is 0 Å². The summed E-state index contributed by atoms with van der Waals surface area (Å²) < 4.78 is 5.46. The SMILES string of the molecule is O[C@H]1CC[C@H](Nc2nc(CNC3CCOC3)cc(Nc3nc4cccnc4s3)n2)CC1. The van der Waals surface area contributed by atoms with E-state index in [-0.39, 0.29) is 12.1 Å². The highest BCUT2D eigenvalue weighted by molar-refractivity contribution is 7.21. The largest absolute Gasteiger partial charge is 0.393 e. The Labute approximate surface area is 184 Å². The first kappa shape index (κ1) is 20.5. The molecule has 10 heteroatoms. The van der Waals surface area contributed by atoms with Crippen LogP contribution in [0.4, 0.5) is 16.9 Å². The van der Waals surface area contributed by atoms with E-state index in [0.717, 1.165) is 66.5 Å². The summed E-state index contributed by atoms with van der Waals surface area (Å²) in [5.41, 5.74) is 1.77. The van der Waals surface area contributed by atoms with Crippen molar-refractivity contribution in [3.63, 3.8) is 0 Å². The Morgan fingerprint density at radius 2 is 2.00 bits per heavy atom. The molecule has 3 aromatic rings. The number of rotatable bonds is 7. The molecule has 0 bridgehead atoms. The van der Waals surface area contributed by atoms with E-state index in [1.165, 1.54) is 11.3 Å². The second-order valence-corrected chi connectivity index (χ2v) is 9.11. The Hall–Kier alpha value is -2.40. The quantitative estimate of drug-likeness (QED) is 0.439. The lowest BCUT2D eigenvalue weighted by Crippen LogP contribution is -2.30. The van der Waals surface area contributed by atoms with E-state index in [2.05, 4.69) is 30.9 Å². The molecule has 4 heterocycles. The van der Waals surface area contributed by atoms with Crippen molar-refractivity contribution in [2.45, 2.75) is 56.8 Å². The van der Waals surface area contributed by atoms with Crippen molar-refractivity contribution < 1.29 is 9.84 Å². The minimum atomic E-state index is -0.187. The maximum absolute atomic E-state index is 9.78. The minimum absolute atomic E-state index is 0.187. The maximum Gasteiger partial charge on any atom is 0.225 e. The predicted molar refractivity (Wildman–Crippen MR) is 121 cm³/mol. The van der Waals surface area contributed by atoms with Crippen LogP contribution in [0, 0.1) is 0 Å². The highest BCUT2D eigenvalue weighted by Crippen LogP contribution is 2.27. The van der Waals surface area contributed by atoms with Crippen molar-refractivity contribution in [3.8, 4) is 0 Å². The number of pyridine rings is 1. The van der Waals surface area contributed by atoms with Gasteiger partial charge in [0.15, 0.2) is 5.13 Å². The van der Waals surface area contributed by atoms with Gasteiger partial charge >= 0.3 is 0 Å². The highest BCUT2D eigenvalue weighted by atomic mass is 32.1. The van der Waals surface area contributed by atoms with Crippen LogP contribution < -0.4 is 16.0 Å². The number of nitrogens with zero attached hydrogens (tertiary/aromatic N) is 4. The Kier molecular flexibility index (Phi) is 6.21. The number of hydrogen-bond donors (Lipinski definition) is 4. The summed E-state index contributed by atoms with van der Waals surface area (Å²) in [6, 6.07) is 6.43. The summed E-state index contributed by atoms with van der Waals surface area (Å²) in [6.45, 7) is 2.19. The molecule has 31 heavy (non-hydrogen) atoms. The number of aliphatic hydroxyl groups excluding tert-OH is 1. The van der Waals surface area contributed by atoms with Crippen LogP contribution in [-0.2, 0) is 11.3 Å².